The second kappa shape index (κ2) is 8.18. The first-order chi connectivity index (χ1) is 12.9. The number of fused-ring (bicyclic) bond motifs is 1. The molecule has 2 heterocycles. The topological polar surface area (TPSA) is 106 Å². The van der Waals surface area contributed by atoms with E-state index < -0.39 is 10.0 Å². The highest BCUT2D eigenvalue weighted by molar-refractivity contribution is 7.89. The molecule has 0 atom stereocenters. The average molecular weight is 391 g/mol. The molecule has 27 heavy (non-hydrogen) atoms. The zero-order chi connectivity index (χ0) is 19.4. The first kappa shape index (κ1) is 19.5. The minimum atomic E-state index is -3.61. The normalized spacial score (nSPS) is 14.4. The lowest BCUT2D eigenvalue weighted by Crippen LogP contribution is -2.27. The summed E-state index contributed by atoms with van der Waals surface area (Å²) in [4.78, 5) is 12.7. The maximum Gasteiger partial charge on any atom is 0.251 e. The van der Waals surface area contributed by atoms with E-state index in [0.717, 1.165) is 37.5 Å². The Bertz CT molecular complexity index is 936. The number of nitrogens with one attached hydrogen (secondary N) is 2. The summed E-state index contributed by atoms with van der Waals surface area (Å²) in [6, 6.07) is 4.55. The van der Waals surface area contributed by atoms with E-state index in [1.165, 1.54) is 18.6 Å². The van der Waals surface area contributed by atoms with Gasteiger partial charge in [-0.3, -0.25) is 4.79 Å². The van der Waals surface area contributed by atoms with Crippen molar-refractivity contribution in [3.63, 3.8) is 0 Å². The van der Waals surface area contributed by atoms with Gasteiger partial charge in [-0.25, -0.2) is 13.1 Å². The molecule has 8 nitrogen and oxygen atoms in total. The Hall–Kier alpha value is -2.26. The SMILES string of the molecule is CCNS(=O)(=O)c1ccc(C)c(C(=O)NCc2nnc3n2CCCCC3)c1. The van der Waals surface area contributed by atoms with Crippen LogP contribution in [0.15, 0.2) is 23.1 Å². The highest BCUT2D eigenvalue weighted by Crippen LogP contribution is 2.17. The number of benzene rings is 1. The molecule has 0 fully saturated rings. The number of hydrogen-bond acceptors (Lipinski definition) is 5. The lowest BCUT2D eigenvalue weighted by Gasteiger charge is -2.11. The Morgan fingerprint density at radius 2 is 2.04 bits per heavy atom. The second-order valence-electron chi connectivity index (χ2n) is 6.66. The quantitative estimate of drug-likeness (QED) is 0.777. The number of sulfonamides is 1. The summed E-state index contributed by atoms with van der Waals surface area (Å²) in [6.07, 6.45) is 4.26. The third-order valence-electron chi connectivity index (χ3n) is 4.69. The summed E-state index contributed by atoms with van der Waals surface area (Å²) < 4.78 is 28.9. The fourth-order valence-corrected chi connectivity index (χ4v) is 4.28. The van der Waals surface area contributed by atoms with E-state index in [1.54, 1.807) is 19.9 Å². The maximum atomic E-state index is 12.6. The molecule has 2 aromatic rings. The van der Waals surface area contributed by atoms with Crippen molar-refractivity contribution in [1.82, 2.24) is 24.8 Å². The highest BCUT2D eigenvalue weighted by Gasteiger charge is 2.19. The van der Waals surface area contributed by atoms with Gasteiger partial charge < -0.3 is 9.88 Å². The fourth-order valence-electron chi connectivity index (χ4n) is 3.22. The summed E-state index contributed by atoms with van der Waals surface area (Å²) in [5, 5.41) is 11.3. The highest BCUT2D eigenvalue weighted by atomic mass is 32.2. The van der Waals surface area contributed by atoms with Crippen molar-refractivity contribution >= 4 is 15.9 Å². The molecule has 2 N–H and O–H groups in total. The van der Waals surface area contributed by atoms with E-state index in [1.807, 2.05) is 0 Å². The van der Waals surface area contributed by atoms with E-state index in [2.05, 4.69) is 24.8 Å². The molecule has 9 heteroatoms. The lowest BCUT2D eigenvalue weighted by atomic mass is 10.1. The third kappa shape index (κ3) is 4.36. The van der Waals surface area contributed by atoms with Gasteiger partial charge in [-0.1, -0.05) is 19.4 Å². The van der Waals surface area contributed by atoms with Crippen molar-refractivity contribution in [3.8, 4) is 0 Å². The van der Waals surface area contributed by atoms with E-state index >= 15 is 0 Å². The van der Waals surface area contributed by atoms with Crippen LogP contribution in [0.3, 0.4) is 0 Å². The van der Waals surface area contributed by atoms with Crippen LogP contribution in [0.25, 0.3) is 0 Å². The van der Waals surface area contributed by atoms with Crippen LogP contribution in [-0.2, 0) is 29.5 Å². The predicted octanol–water partition coefficient (Wildman–Crippen LogP) is 1.54. The van der Waals surface area contributed by atoms with Crippen LogP contribution >= 0.6 is 0 Å². The molecule has 0 aliphatic carbocycles. The van der Waals surface area contributed by atoms with Crippen molar-refractivity contribution in [2.24, 2.45) is 0 Å². The Morgan fingerprint density at radius 1 is 1.22 bits per heavy atom. The molecule has 0 spiro atoms. The van der Waals surface area contributed by atoms with E-state index in [4.69, 9.17) is 0 Å². The summed E-state index contributed by atoms with van der Waals surface area (Å²) in [5.74, 6) is 1.37. The number of rotatable bonds is 6. The van der Waals surface area contributed by atoms with Crippen LogP contribution in [0.1, 0.15) is 53.8 Å². The molecule has 1 aromatic carbocycles. The summed E-state index contributed by atoms with van der Waals surface area (Å²) in [7, 11) is -3.61. The number of carbonyl (C=O) groups is 1. The molecule has 1 aliphatic heterocycles. The Kier molecular flexibility index (Phi) is 5.91. The van der Waals surface area contributed by atoms with Crippen molar-refractivity contribution in [2.75, 3.05) is 6.54 Å². The van der Waals surface area contributed by atoms with Gasteiger partial charge in [-0.15, -0.1) is 10.2 Å². The minimum absolute atomic E-state index is 0.0800. The predicted molar refractivity (Wildman–Crippen MR) is 101 cm³/mol. The fraction of sp³-hybridized carbons (Fsp3) is 0.500. The monoisotopic (exact) mass is 391 g/mol. The molecule has 0 radical (unpaired) electrons. The van der Waals surface area contributed by atoms with Gasteiger partial charge >= 0.3 is 0 Å². The summed E-state index contributed by atoms with van der Waals surface area (Å²) >= 11 is 0. The van der Waals surface area contributed by atoms with Gasteiger partial charge in [0.2, 0.25) is 10.0 Å². The Balaban J connectivity index is 1.76. The van der Waals surface area contributed by atoms with Gasteiger partial charge in [-0.2, -0.15) is 0 Å². The Morgan fingerprint density at radius 3 is 2.81 bits per heavy atom. The van der Waals surface area contributed by atoms with Crippen LogP contribution in [0.4, 0.5) is 0 Å². The molecule has 0 unspecified atom stereocenters. The molecule has 0 saturated carbocycles. The molecule has 1 amide bonds. The van der Waals surface area contributed by atoms with Gasteiger partial charge in [0.25, 0.3) is 5.91 Å². The third-order valence-corrected chi connectivity index (χ3v) is 6.23. The molecule has 1 aliphatic rings. The molecule has 1 aromatic heterocycles. The molecule has 146 valence electrons. The summed E-state index contributed by atoms with van der Waals surface area (Å²) in [6.45, 7) is 4.90. The second-order valence-corrected chi connectivity index (χ2v) is 8.42. The van der Waals surface area contributed by atoms with Crippen molar-refractivity contribution in [3.05, 3.63) is 41.0 Å². The number of nitrogens with zero attached hydrogens (tertiary/aromatic N) is 3. The van der Waals surface area contributed by atoms with Crippen LogP contribution in [0.5, 0.6) is 0 Å². The minimum Gasteiger partial charge on any atom is -0.345 e. The van der Waals surface area contributed by atoms with Gasteiger partial charge in [-0.05, 0) is 37.5 Å². The standard InChI is InChI=1S/C18H25N5O3S/c1-3-20-27(25,26)14-9-8-13(2)15(11-14)18(24)19-12-17-22-21-16-7-5-4-6-10-23(16)17/h8-9,11,20H,3-7,10,12H2,1-2H3,(H,19,24). The van der Waals surface area contributed by atoms with E-state index in [0.29, 0.717) is 11.1 Å². The first-order valence-corrected chi connectivity index (χ1v) is 10.7. The van der Waals surface area contributed by atoms with Gasteiger partial charge in [0.05, 0.1) is 11.4 Å². The smallest absolute Gasteiger partial charge is 0.251 e. The van der Waals surface area contributed by atoms with E-state index in [9.17, 15) is 13.2 Å². The molecular formula is C18H25N5O3S. The largest absolute Gasteiger partial charge is 0.345 e. The van der Waals surface area contributed by atoms with Crippen LogP contribution in [-0.4, -0.2) is 35.6 Å². The number of aryl methyl sites for hydroxylation is 2. The summed E-state index contributed by atoms with van der Waals surface area (Å²) in [5.41, 5.74) is 1.05. The van der Waals surface area contributed by atoms with Gasteiger partial charge in [0, 0.05) is 25.1 Å². The zero-order valence-corrected chi connectivity index (χ0v) is 16.5. The average Bonchev–Trinajstić information content (AvgIpc) is 2.86. The zero-order valence-electron chi connectivity index (χ0n) is 15.7. The molecular weight excluding hydrogens is 366 g/mol. The van der Waals surface area contributed by atoms with Crippen molar-refractivity contribution < 1.29 is 13.2 Å². The number of carbonyl (C=O) groups excluding carboxylic acids is 1. The number of amides is 1. The number of hydrogen-bond donors (Lipinski definition) is 2. The van der Waals surface area contributed by atoms with Crippen LogP contribution in [0, 0.1) is 6.92 Å². The van der Waals surface area contributed by atoms with Crippen molar-refractivity contribution in [2.45, 2.75) is 57.5 Å². The molecule has 0 bridgehead atoms. The van der Waals surface area contributed by atoms with Crippen molar-refractivity contribution in [1.29, 1.82) is 0 Å². The lowest BCUT2D eigenvalue weighted by molar-refractivity contribution is 0.0948. The Labute approximate surface area is 159 Å². The number of aromatic nitrogens is 3. The van der Waals surface area contributed by atoms with Crippen LogP contribution in [0.2, 0.25) is 0 Å². The van der Waals surface area contributed by atoms with E-state index in [-0.39, 0.29) is 23.9 Å². The molecule has 0 saturated heterocycles. The maximum absolute atomic E-state index is 12.6. The first-order valence-electron chi connectivity index (χ1n) is 9.22. The van der Waals surface area contributed by atoms with Gasteiger partial charge in [0.1, 0.15) is 5.82 Å². The van der Waals surface area contributed by atoms with Gasteiger partial charge in [0.15, 0.2) is 5.82 Å². The van der Waals surface area contributed by atoms with Crippen LogP contribution < -0.4 is 10.0 Å². The molecule has 3 rings (SSSR count).